The minimum Gasteiger partial charge on any atom is -0.457 e. The van der Waals surface area contributed by atoms with Crippen LogP contribution in [0.2, 0.25) is 5.02 Å². The molecule has 0 saturated heterocycles. The molecular weight excluding hydrogens is 527 g/mol. The van der Waals surface area contributed by atoms with E-state index in [-0.39, 0.29) is 43.8 Å². The molecule has 0 spiro atoms. The summed E-state index contributed by atoms with van der Waals surface area (Å²) < 4.78 is 72.0. The van der Waals surface area contributed by atoms with Crippen LogP contribution in [0.1, 0.15) is 24.2 Å². The van der Waals surface area contributed by atoms with Crippen molar-refractivity contribution < 1.29 is 26.3 Å². The number of ether oxygens (including phenoxy) is 1. The molecule has 1 heterocycles. The Labute approximate surface area is 217 Å². The molecule has 0 fully saturated rings. The first-order valence-corrected chi connectivity index (χ1v) is 13.4. The number of unbranched alkanes of at least 4 members (excludes halogenated alkanes) is 1. The topological polar surface area (TPSA) is 95.2 Å². The number of para-hydroxylation sites is 1. The fourth-order valence-corrected chi connectivity index (χ4v) is 5.48. The Hall–Kier alpha value is -3.21. The molecule has 0 aliphatic carbocycles. The van der Waals surface area contributed by atoms with Crippen LogP contribution in [0.4, 0.5) is 13.2 Å². The Kier molecular flexibility index (Phi) is 7.72. The fourth-order valence-electron chi connectivity index (χ4n) is 3.87. The van der Waals surface area contributed by atoms with Crippen molar-refractivity contribution >= 4 is 32.3 Å². The van der Waals surface area contributed by atoms with Crippen LogP contribution in [0.25, 0.3) is 22.2 Å². The van der Waals surface area contributed by atoms with Crippen molar-refractivity contribution in [1.82, 2.24) is 9.97 Å². The van der Waals surface area contributed by atoms with Gasteiger partial charge in [0.1, 0.15) is 17.3 Å². The molecule has 0 aliphatic heterocycles. The van der Waals surface area contributed by atoms with E-state index in [1.165, 1.54) is 37.3 Å². The molecule has 0 radical (unpaired) electrons. The van der Waals surface area contributed by atoms with Crippen LogP contribution >= 0.6 is 11.6 Å². The molecule has 37 heavy (non-hydrogen) atoms. The predicted octanol–water partition coefficient (Wildman–Crippen LogP) is 6.58. The molecule has 0 saturated carbocycles. The Morgan fingerprint density at radius 1 is 0.973 bits per heavy atom. The van der Waals surface area contributed by atoms with E-state index in [9.17, 15) is 21.6 Å². The maximum atomic E-state index is 13.6. The SMILES string of the molecule is Cc1nc(-c2cc(Oc3cccc(S(=O)(=O)CCCCN)c3)ccc2Cl)c2cccc(C(F)(F)F)c2n1. The number of fused-ring (bicyclic) bond motifs is 1. The summed E-state index contributed by atoms with van der Waals surface area (Å²) >= 11 is 6.44. The number of nitrogens with two attached hydrogens (primary N) is 1. The van der Waals surface area contributed by atoms with Gasteiger partial charge in [-0.05, 0) is 68.8 Å². The lowest BCUT2D eigenvalue weighted by Crippen LogP contribution is -2.09. The molecule has 0 bridgehead atoms. The number of alkyl halides is 3. The van der Waals surface area contributed by atoms with E-state index in [1.807, 2.05) is 0 Å². The van der Waals surface area contributed by atoms with Crippen molar-refractivity contribution in [2.75, 3.05) is 12.3 Å². The predicted molar refractivity (Wildman–Crippen MR) is 137 cm³/mol. The van der Waals surface area contributed by atoms with Gasteiger partial charge in [0, 0.05) is 10.9 Å². The third-order valence-electron chi connectivity index (χ3n) is 5.60. The lowest BCUT2D eigenvalue weighted by molar-refractivity contribution is -0.136. The van der Waals surface area contributed by atoms with E-state index < -0.39 is 21.6 Å². The molecular formula is C26H23ClF3N3O3S. The second-order valence-electron chi connectivity index (χ2n) is 8.35. The normalized spacial score (nSPS) is 12.2. The number of halogens is 4. The van der Waals surface area contributed by atoms with Gasteiger partial charge < -0.3 is 10.5 Å². The second kappa shape index (κ2) is 10.6. The van der Waals surface area contributed by atoms with Gasteiger partial charge in [0.2, 0.25) is 0 Å². The highest BCUT2D eigenvalue weighted by molar-refractivity contribution is 7.91. The first kappa shape index (κ1) is 26.8. The lowest BCUT2D eigenvalue weighted by Gasteiger charge is -2.14. The summed E-state index contributed by atoms with van der Waals surface area (Å²) in [5.41, 5.74) is 4.92. The van der Waals surface area contributed by atoms with Gasteiger partial charge in [-0.25, -0.2) is 18.4 Å². The van der Waals surface area contributed by atoms with Crippen LogP contribution in [0, 0.1) is 6.92 Å². The molecule has 0 atom stereocenters. The molecule has 194 valence electrons. The first-order valence-electron chi connectivity index (χ1n) is 11.3. The molecule has 1 aromatic heterocycles. The average Bonchev–Trinajstić information content (AvgIpc) is 2.84. The third kappa shape index (κ3) is 6.03. The minimum absolute atomic E-state index is 0.0290. The Morgan fingerprint density at radius 2 is 1.70 bits per heavy atom. The smallest absolute Gasteiger partial charge is 0.418 e. The summed E-state index contributed by atoms with van der Waals surface area (Å²) in [6, 6.07) is 14.5. The third-order valence-corrected chi connectivity index (χ3v) is 7.73. The van der Waals surface area contributed by atoms with Crippen molar-refractivity contribution in [1.29, 1.82) is 0 Å². The molecule has 6 nitrogen and oxygen atoms in total. The number of rotatable bonds is 8. The van der Waals surface area contributed by atoms with Gasteiger partial charge in [-0.1, -0.05) is 29.8 Å². The summed E-state index contributed by atoms with van der Waals surface area (Å²) in [7, 11) is -3.52. The number of hydrogen-bond acceptors (Lipinski definition) is 6. The molecule has 4 rings (SSSR count). The monoisotopic (exact) mass is 549 g/mol. The Balaban J connectivity index is 1.73. The molecule has 0 unspecified atom stereocenters. The summed E-state index contributed by atoms with van der Waals surface area (Å²) in [6.45, 7) is 1.92. The fraction of sp³-hybridized carbons (Fsp3) is 0.231. The van der Waals surface area contributed by atoms with E-state index >= 15 is 0 Å². The standard InChI is InChI=1S/C26H23ClF3N3O3S/c1-16-32-24(20-8-5-9-22(25(20)33-16)26(28,29)30)21-15-18(10-11-23(21)27)36-17-6-4-7-19(14-17)37(34,35)13-3-2-12-31/h4-11,14-15H,2-3,12-13,31H2,1H3. The van der Waals surface area contributed by atoms with Crippen LogP contribution in [-0.2, 0) is 16.0 Å². The summed E-state index contributed by atoms with van der Waals surface area (Å²) in [6.07, 6.45) is -3.54. The summed E-state index contributed by atoms with van der Waals surface area (Å²) in [5.74, 6) is 0.692. The number of nitrogens with zero attached hydrogens (tertiary/aromatic N) is 2. The number of sulfone groups is 1. The Morgan fingerprint density at radius 3 is 2.43 bits per heavy atom. The lowest BCUT2D eigenvalue weighted by atomic mass is 10.0. The molecule has 11 heteroatoms. The van der Waals surface area contributed by atoms with Gasteiger partial charge in [0.25, 0.3) is 0 Å². The van der Waals surface area contributed by atoms with Crippen LogP contribution in [0.15, 0.2) is 65.6 Å². The summed E-state index contributed by atoms with van der Waals surface area (Å²) in [4.78, 5) is 8.54. The van der Waals surface area contributed by atoms with E-state index in [0.29, 0.717) is 30.7 Å². The summed E-state index contributed by atoms with van der Waals surface area (Å²) in [5, 5.41) is 0.436. The molecule has 0 amide bonds. The van der Waals surface area contributed by atoms with E-state index in [4.69, 9.17) is 22.1 Å². The van der Waals surface area contributed by atoms with Crippen molar-refractivity contribution in [2.45, 2.75) is 30.8 Å². The minimum atomic E-state index is -4.60. The van der Waals surface area contributed by atoms with Gasteiger partial charge in [-0.3, -0.25) is 0 Å². The van der Waals surface area contributed by atoms with Gasteiger partial charge in [-0.2, -0.15) is 13.2 Å². The molecule has 3 aromatic carbocycles. The zero-order valence-electron chi connectivity index (χ0n) is 19.7. The van der Waals surface area contributed by atoms with E-state index in [2.05, 4.69) is 9.97 Å². The molecule has 0 aliphatic rings. The highest BCUT2D eigenvalue weighted by Gasteiger charge is 2.34. The zero-order valence-corrected chi connectivity index (χ0v) is 21.3. The van der Waals surface area contributed by atoms with Gasteiger partial charge >= 0.3 is 6.18 Å². The highest BCUT2D eigenvalue weighted by Crippen LogP contribution is 2.39. The first-order chi connectivity index (χ1) is 17.5. The largest absolute Gasteiger partial charge is 0.457 e. The zero-order chi connectivity index (χ0) is 26.8. The molecule has 2 N–H and O–H groups in total. The van der Waals surface area contributed by atoms with Crippen molar-refractivity contribution in [2.24, 2.45) is 5.73 Å². The average molecular weight is 550 g/mol. The van der Waals surface area contributed by atoms with Gasteiger partial charge in [0.15, 0.2) is 9.84 Å². The van der Waals surface area contributed by atoms with Crippen molar-refractivity contribution in [3.63, 3.8) is 0 Å². The maximum Gasteiger partial charge on any atom is 0.418 e. The molecule has 4 aromatic rings. The number of aromatic nitrogens is 2. The number of aryl methyl sites for hydroxylation is 1. The Bertz CT molecular complexity index is 1560. The van der Waals surface area contributed by atoms with E-state index in [0.717, 1.165) is 6.07 Å². The van der Waals surface area contributed by atoms with Crippen LogP contribution in [0.3, 0.4) is 0 Å². The number of hydrogen-bond donors (Lipinski definition) is 1. The number of benzene rings is 3. The van der Waals surface area contributed by atoms with Gasteiger partial charge in [0.05, 0.1) is 32.4 Å². The van der Waals surface area contributed by atoms with Crippen LogP contribution < -0.4 is 10.5 Å². The van der Waals surface area contributed by atoms with Gasteiger partial charge in [-0.15, -0.1) is 0 Å². The second-order valence-corrected chi connectivity index (χ2v) is 10.9. The van der Waals surface area contributed by atoms with Crippen LogP contribution in [-0.4, -0.2) is 30.7 Å². The van der Waals surface area contributed by atoms with Crippen molar-refractivity contribution in [3.05, 3.63) is 77.1 Å². The quantitative estimate of drug-likeness (QED) is 0.249. The highest BCUT2D eigenvalue weighted by atomic mass is 35.5. The van der Waals surface area contributed by atoms with E-state index in [1.54, 1.807) is 24.3 Å². The van der Waals surface area contributed by atoms with Crippen molar-refractivity contribution in [3.8, 4) is 22.8 Å². The van der Waals surface area contributed by atoms with Crippen LogP contribution in [0.5, 0.6) is 11.5 Å². The maximum absolute atomic E-state index is 13.6.